The summed E-state index contributed by atoms with van der Waals surface area (Å²) in [5, 5.41) is 12.2. The summed E-state index contributed by atoms with van der Waals surface area (Å²) in [5.41, 5.74) is 2.47. The lowest BCUT2D eigenvalue weighted by molar-refractivity contribution is -0.143. The number of carboxylic acid groups (broad SMARTS) is 1. The molecule has 1 aromatic rings. The van der Waals surface area contributed by atoms with E-state index in [1.807, 2.05) is 0 Å². The van der Waals surface area contributed by atoms with Crippen LogP contribution in [0.25, 0.3) is 0 Å². The summed E-state index contributed by atoms with van der Waals surface area (Å²) in [5.74, 6) is -0.829. The molecule has 0 saturated carbocycles. The Hall–Kier alpha value is -2.04. The van der Waals surface area contributed by atoms with Gasteiger partial charge in [-0.1, -0.05) is 58.9 Å². The molecule has 1 aliphatic heterocycles. The van der Waals surface area contributed by atoms with Crippen LogP contribution in [0.1, 0.15) is 64.6 Å². The second-order valence-corrected chi connectivity index (χ2v) is 8.64. The molecule has 1 atom stereocenters. The van der Waals surface area contributed by atoms with Crippen molar-refractivity contribution >= 4 is 12.0 Å². The van der Waals surface area contributed by atoms with Gasteiger partial charge >= 0.3 is 12.0 Å². The van der Waals surface area contributed by atoms with Gasteiger partial charge in [0, 0.05) is 13.1 Å². The molecule has 2 rings (SSSR count). The molecule has 144 valence electrons. The van der Waals surface area contributed by atoms with Crippen LogP contribution in [0.3, 0.4) is 0 Å². The van der Waals surface area contributed by atoms with Crippen LogP contribution in [-0.2, 0) is 10.2 Å². The number of likely N-dealkylation sites (tertiary alicyclic amines) is 1. The standard InChI is InChI=1S/C21H32N2O3/c1-14(2)18(15-6-8-17(9-7-15)21(3,4)5)22-20(26)23-12-10-16(11-13-23)19(24)25/h6-9,14,16,18H,10-13H2,1-5H3,(H,22,26)(H,24,25). The van der Waals surface area contributed by atoms with Crippen molar-refractivity contribution in [1.82, 2.24) is 10.2 Å². The summed E-state index contributed by atoms with van der Waals surface area (Å²) in [6.07, 6.45) is 1.05. The number of carbonyl (C=O) groups is 2. The largest absolute Gasteiger partial charge is 0.481 e. The number of benzene rings is 1. The average Bonchev–Trinajstić information content (AvgIpc) is 2.58. The minimum atomic E-state index is -0.760. The maximum Gasteiger partial charge on any atom is 0.317 e. The minimum absolute atomic E-state index is 0.0614. The fraction of sp³-hybridized carbons (Fsp3) is 0.619. The van der Waals surface area contributed by atoms with Gasteiger partial charge in [-0.3, -0.25) is 4.79 Å². The molecule has 26 heavy (non-hydrogen) atoms. The van der Waals surface area contributed by atoms with E-state index in [0.717, 1.165) is 5.56 Å². The maximum atomic E-state index is 12.7. The number of nitrogens with zero attached hydrogens (tertiary/aromatic N) is 1. The topological polar surface area (TPSA) is 69.6 Å². The number of hydrogen-bond acceptors (Lipinski definition) is 2. The highest BCUT2D eigenvalue weighted by molar-refractivity contribution is 5.76. The number of rotatable bonds is 4. The highest BCUT2D eigenvalue weighted by Crippen LogP contribution is 2.27. The Morgan fingerprint density at radius 1 is 1.12 bits per heavy atom. The molecule has 1 fully saturated rings. The molecule has 1 saturated heterocycles. The van der Waals surface area contributed by atoms with Gasteiger partial charge in [0.15, 0.2) is 0 Å². The monoisotopic (exact) mass is 360 g/mol. The van der Waals surface area contributed by atoms with Crippen LogP contribution in [-0.4, -0.2) is 35.1 Å². The molecule has 5 heteroatoms. The molecule has 1 unspecified atom stereocenters. The quantitative estimate of drug-likeness (QED) is 0.846. The molecule has 0 radical (unpaired) electrons. The molecule has 2 amide bonds. The van der Waals surface area contributed by atoms with E-state index in [4.69, 9.17) is 5.11 Å². The predicted molar refractivity (Wildman–Crippen MR) is 103 cm³/mol. The Morgan fingerprint density at radius 2 is 1.65 bits per heavy atom. The fourth-order valence-electron chi connectivity index (χ4n) is 3.38. The van der Waals surface area contributed by atoms with Gasteiger partial charge in [-0.25, -0.2) is 4.79 Å². The normalized spacial score (nSPS) is 17.2. The van der Waals surface area contributed by atoms with Crippen molar-refractivity contribution in [2.24, 2.45) is 11.8 Å². The highest BCUT2D eigenvalue weighted by Gasteiger charge is 2.29. The molecular formula is C21H32N2O3. The number of urea groups is 1. The van der Waals surface area contributed by atoms with Gasteiger partial charge < -0.3 is 15.3 Å². The van der Waals surface area contributed by atoms with E-state index in [1.165, 1.54) is 5.56 Å². The van der Waals surface area contributed by atoms with Gasteiger partial charge in [-0.05, 0) is 35.3 Å². The zero-order valence-corrected chi connectivity index (χ0v) is 16.6. The van der Waals surface area contributed by atoms with Crippen LogP contribution < -0.4 is 5.32 Å². The number of carboxylic acids is 1. The van der Waals surface area contributed by atoms with Crippen molar-refractivity contribution in [3.05, 3.63) is 35.4 Å². The van der Waals surface area contributed by atoms with Gasteiger partial charge in [0.1, 0.15) is 0 Å². The number of carbonyl (C=O) groups excluding carboxylic acids is 1. The highest BCUT2D eigenvalue weighted by atomic mass is 16.4. The van der Waals surface area contributed by atoms with Gasteiger partial charge in [-0.15, -0.1) is 0 Å². The Morgan fingerprint density at radius 3 is 2.08 bits per heavy atom. The minimum Gasteiger partial charge on any atom is -0.481 e. The van der Waals surface area contributed by atoms with Crippen molar-refractivity contribution in [2.45, 2.75) is 58.9 Å². The first-order chi connectivity index (χ1) is 12.1. The van der Waals surface area contributed by atoms with Crippen molar-refractivity contribution < 1.29 is 14.7 Å². The second kappa shape index (κ2) is 8.11. The molecular weight excluding hydrogens is 328 g/mol. The Labute approximate surface area is 156 Å². The van der Waals surface area contributed by atoms with Crippen molar-refractivity contribution in [2.75, 3.05) is 13.1 Å². The van der Waals surface area contributed by atoms with Gasteiger partial charge in [0.25, 0.3) is 0 Å². The van der Waals surface area contributed by atoms with E-state index in [1.54, 1.807) is 4.90 Å². The molecule has 1 aliphatic rings. The molecule has 0 bridgehead atoms. The lowest BCUT2D eigenvalue weighted by Crippen LogP contribution is -2.47. The van der Waals surface area contributed by atoms with Crippen LogP contribution in [0.15, 0.2) is 24.3 Å². The first-order valence-corrected chi connectivity index (χ1v) is 9.48. The van der Waals surface area contributed by atoms with Crippen molar-refractivity contribution in [3.8, 4) is 0 Å². The van der Waals surface area contributed by atoms with E-state index in [-0.39, 0.29) is 29.3 Å². The summed E-state index contributed by atoms with van der Waals surface area (Å²) >= 11 is 0. The fourth-order valence-corrected chi connectivity index (χ4v) is 3.38. The van der Waals surface area contributed by atoms with Gasteiger partial charge in [0.2, 0.25) is 0 Å². The van der Waals surface area contributed by atoms with Gasteiger partial charge in [-0.2, -0.15) is 0 Å². The van der Waals surface area contributed by atoms with Crippen LogP contribution in [0, 0.1) is 11.8 Å². The molecule has 0 aromatic heterocycles. The smallest absolute Gasteiger partial charge is 0.317 e. The molecule has 0 aliphatic carbocycles. The summed E-state index contributed by atoms with van der Waals surface area (Å²) in [6.45, 7) is 11.7. The molecule has 1 aromatic carbocycles. The Bertz CT molecular complexity index is 624. The van der Waals surface area contributed by atoms with E-state index >= 15 is 0 Å². The number of amides is 2. The zero-order valence-electron chi connectivity index (χ0n) is 16.6. The third-order valence-electron chi connectivity index (χ3n) is 5.21. The molecule has 1 heterocycles. The summed E-state index contributed by atoms with van der Waals surface area (Å²) in [6, 6.07) is 8.30. The number of aliphatic carboxylic acids is 1. The zero-order chi connectivity index (χ0) is 19.5. The third kappa shape index (κ3) is 4.99. The summed E-state index contributed by atoms with van der Waals surface area (Å²) in [7, 11) is 0. The summed E-state index contributed by atoms with van der Waals surface area (Å²) < 4.78 is 0. The van der Waals surface area contributed by atoms with Crippen LogP contribution in [0.5, 0.6) is 0 Å². The third-order valence-corrected chi connectivity index (χ3v) is 5.21. The summed E-state index contributed by atoms with van der Waals surface area (Å²) in [4.78, 5) is 25.5. The van der Waals surface area contributed by atoms with E-state index in [2.05, 4.69) is 64.2 Å². The lowest BCUT2D eigenvalue weighted by Gasteiger charge is -2.33. The van der Waals surface area contributed by atoms with E-state index in [9.17, 15) is 9.59 Å². The first-order valence-electron chi connectivity index (χ1n) is 9.48. The van der Waals surface area contributed by atoms with Crippen LogP contribution in [0.2, 0.25) is 0 Å². The molecule has 0 spiro atoms. The van der Waals surface area contributed by atoms with E-state index in [0.29, 0.717) is 25.9 Å². The number of nitrogens with one attached hydrogen (secondary N) is 1. The maximum absolute atomic E-state index is 12.7. The Kier molecular flexibility index (Phi) is 6.32. The average molecular weight is 360 g/mol. The predicted octanol–water partition coefficient (Wildman–Crippen LogP) is 4.19. The first kappa shape index (κ1) is 20.3. The van der Waals surface area contributed by atoms with Gasteiger partial charge in [0.05, 0.1) is 12.0 Å². The van der Waals surface area contributed by atoms with Crippen molar-refractivity contribution in [3.63, 3.8) is 0 Å². The van der Waals surface area contributed by atoms with E-state index < -0.39 is 5.97 Å². The lowest BCUT2D eigenvalue weighted by atomic mass is 9.85. The Balaban J connectivity index is 2.04. The second-order valence-electron chi connectivity index (χ2n) is 8.64. The molecule has 2 N–H and O–H groups in total. The van der Waals surface area contributed by atoms with Crippen molar-refractivity contribution in [1.29, 1.82) is 0 Å². The number of piperidine rings is 1. The SMILES string of the molecule is CC(C)C(NC(=O)N1CCC(C(=O)O)CC1)c1ccc(C(C)(C)C)cc1. The number of hydrogen-bond donors (Lipinski definition) is 2. The van der Waals surface area contributed by atoms with Crippen LogP contribution >= 0.6 is 0 Å². The molecule has 5 nitrogen and oxygen atoms in total. The van der Waals surface area contributed by atoms with Crippen LogP contribution in [0.4, 0.5) is 4.79 Å².